The van der Waals surface area contributed by atoms with Gasteiger partial charge in [-0.2, -0.15) is 0 Å². The molecule has 0 aromatic heterocycles. The summed E-state index contributed by atoms with van der Waals surface area (Å²) in [6, 6.07) is 4.88. The Labute approximate surface area is 111 Å². The highest BCUT2D eigenvalue weighted by Gasteiger charge is 2.43. The minimum atomic E-state index is -0.714. The van der Waals surface area contributed by atoms with E-state index in [1.165, 1.54) is 13.2 Å². The van der Waals surface area contributed by atoms with Gasteiger partial charge in [-0.1, -0.05) is 6.07 Å². The van der Waals surface area contributed by atoms with Crippen molar-refractivity contribution in [1.29, 1.82) is 0 Å². The predicted molar refractivity (Wildman–Crippen MR) is 68.5 cm³/mol. The summed E-state index contributed by atoms with van der Waals surface area (Å²) in [7, 11) is 3.35. The lowest BCUT2D eigenvalue weighted by Gasteiger charge is -2.16. The zero-order valence-corrected chi connectivity index (χ0v) is 11.1. The van der Waals surface area contributed by atoms with E-state index in [1.807, 2.05) is 18.0 Å². The van der Waals surface area contributed by atoms with E-state index in [0.717, 1.165) is 18.5 Å². The highest BCUT2D eigenvalue weighted by Crippen LogP contribution is 2.39. The molecule has 104 valence electrons. The maximum Gasteiger partial charge on any atom is 0.306 e. The molecule has 0 saturated heterocycles. The van der Waals surface area contributed by atoms with Crippen LogP contribution in [-0.2, 0) is 11.3 Å². The van der Waals surface area contributed by atoms with Crippen molar-refractivity contribution in [2.24, 2.45) is 11.8 Å². The fourth-order valence-corrected chi connectivity index (χ4v) is 2.34. The molecule has 1 saturated carbocycles. The van der Waals surface area contributed by atoms with Crippen molar-refractivity contribution >= 4 is 5.97 Å². The zero-order valence-electron chi connectivity index (χ0n) is 11.1. The van der Waals surface area contributed by atoms with Gasteiger partial charge in [0.25, 0.3) is 0 Å². The number of ether oxygens (including phenoxy) is 1. The van der Waals surface area contributed by atoms with Crippen molar-refractivity contribution in [3.63, 3.8) is 0 Å². The molecule has 4 nitrogen and oxygen atoms in total. The second-order valence-electron chi connectivity index (χ2n) is 5.11. The maximum atomic E-state index is 13.5. The normalized spacial score (nSPS) is 21.5. The first kappa shape index (κ1) is 13.8. The van der Waals surface area contributed by atoms with Gasteiger partial charge in [0.15, 0.2) is 11.6 Å². The number of carbonyl (C=O) groups is 1. The second-order valence-corrected chi connectivity index (χ2v) is 5.11. The van der Waals surface area contributed by atoms with Gasteiger partial charge in [-0.05, 0) is 37.1 Å². The number of hydrogen-bond acceptors (Lipinski definition) is 3. The summed E-state index contributed by atoms with van der Waals surface area (Å²) in [6.07, 6.45) is 0.747. The lowest BCUT2D eigenvalue weighted by Crippen LogP contribution is -2.21. The molecule has 1 N–H and O–H groups in total. The van der Waals surface area contributed by atoms with Gasteiger partial charge >= 0.3 is 5.97 Å². The van der Waals surface area contributed by atoms with Crippen molar-refractivity contribution in [3.8, 4) is 5.75 Å². The Morgan fingerprint density at radius 1 is 1.58 bits per heavy atom. The first-order chi connectivity index (χ1) is 9.01. The molecule has 0 spiro atoms. The summed E-state index contributed by atoms with van der Waals surface area (Å²) in [4.78, 5) is 12.8. The summed E-state index contributed by atoms with van der Waals surface area (Å²) < 4.78 is 18.4. The lowest BCUT2D eigenvalue weighted by atomic mass is 10.2. The van der Waals surface area contributed by atoms with E-state index in [0.29, 0.717) is 6.54 Å². The van der Waals surface area contributed by atoms with Crippen LogP contribution in [0, 0.1) is 17.7 Å². The average Bonchev–Trinajstić information content (AvgIpc) is 3.08. The van der Waals surface area contributed by atoms with Crippen LogP contribution in [0.15, 0.2) is 18.2 Å². The molecule has 0 radical (unpaired) electrons. The molecule has 0 heterocycles. The van der Waals surface area contributed by atoms with E-state index < -0.39 is 5.97 Å². The van der Waals surface area contributed by atoms with E-state index in [2.05, 4.69) is 0 Å². The molecule has 1 aliphatic rings. The van der Waals surface area contributed by atoms with Crippen molar-refractivity contribution in [2.75, 3.05) is 20.7 Å². The summed E-state index contributed by atoms with van der Waals surface area (Å²) in [5.74, 6) is -0.822. The number of nitrogens with zero attached hydrogens (tertiary/aromatic N) is 1. The molecule has 0 bridgehead atoms. The minimum Gasteiger partial charge on any atom is -0.494 e. The van der Waals surface area contributed by atoms with Crippen LogP contribution >= 0.6 is 0 Å². The molecule has 1 aromatic carbocycles. The minimum absolute atomic E-state index is 0.199. The Balaban J connectivity index is 1.87. The van der Waals surface area contributed by atoms with Gasteiger partial charge in [0.1, 0.15) is 0 Å². The van der Waals surface area contributed by atoms with E-state index in [9.17, 15) is 9.18 Å². The fourth-order valence-electron chi connectivity index (χ4n) is 2.34. The van der Waals surface area contributed by atoms with Gasteiger partial charge in [-0.15, -0.1) is 0 Å². The van der Waals surface area contributed by atoms with Crippen LogP contribution in [0.2, 0.25) is 0 Å². The van der Waals surface area contributed by atoms with Crippen LogP contribution in [-0.4, -0.2) is 36.7 Å². The fraction of sp³-hybridized carbons (Fsp3) is 0.500. The van der Waals surface area contributed by atoms with Crippen LogP contribution in [0.25, 0.3) is 0 Å². The van der Waals surface area contributed by atoms with Gasteiger partial charge in [0, 0.05) is 13.1 Å². The van der Waals surface area contributed by atoms with E-state index in [-0.39, 0.29) is 23.4 Å². The summed E-state index contributed by atoms with van der Waals surface area (Å²) in [6.45, 7) is 1.33. The van der Waals surface area contributed by atoms with E-state index in [4.69, 9.17) is 9.84 Å². The molecule has 5 heteroatoms. The lowest BCUT2D eigenvalue weighted by molar-refractivity contribution is -0.138. The molecule has 2 unspecified atom stereocenters. The Morgan fingerprint density at radius 2 is 2.32 bits per heavy atom. The van der Waals surface area contributed by atoms with Crippen LogP contribution in [0.3, 0.4) is 0 Å². The summed E-state index contributed by atoms with van der Waals surface area (Å²) in [5, 5.41) is 8.84. The standard InChI is InChI=1S/C14H18FNO3/c1-16(8-10-6-11(10)14(17)18)7-9-3-4-13(19-2)12(15)5-9/h3-5,10-11H,6-8H2,1-2H3,(H,17,18). The van der Waals surface area contributed by atoms with Crippen molar-refractivity contribution in [1.82, 2.24) is 4.90 Å². The Morgan fingerprint density at radius 3 is 2.84 bits per heavy atom. The number of carboxylic acid groups (broad SMARTS) is 1. The Bertz CT molecular complexity index is 478. The molecule has 2 rings (SSSR count). The Hall–Kier alpha value is -1.62. The van der Waals surface area contributed by atoms with Crippen molar-refractivity contribution < 1.29 is 19.0 Å². The molecule has 0 amide bonds. The molecule has 1 aromatic rings. The summed E-state index contributed by atoms with van der Waals surface area (Å²) in [5.41, 5.74) is 0.855. The first-order valence-corrected chi connectivity index (χ1v) is 6.25. The number of benzene rings is 1. The molecule has 1 fully saturated rings. The third-order valence-corrected chi connectivity index (χ3v) is 3.45. The van der Waals surface area contributed by atoms with Gasteiger partial charge < -0.3 is 14.7 Å². The number of methoxy groups -OCH3 is 1. The molecule has 1 aliphatic carbocycles. The third kappa shape index (κ3) is 3.44. The Kier molecular flexibility index (Phi) is 4.04. The van der Waals surface area contributed by atoms with Gasteiger partial charge in [0.2, 0.25) is 0 Å². The van der Waals surface area contributed by atoms with Crippen molar-refractivity contribution in [2.45, 2.75) is 13.0 Å². The van der Waals surface area contributed by atoms with Crippen molar-refractivity contribution in [3.05, 3.63) is 29.6 Å². The average molecular weight is 267 g/mol. The molecule has 19 heavy (non-hydrogen) atoms. The van der Waals surface area contributed by atoms with Crippen LogP contribution in [0.1, 0.15) is 12.0 Å². The number of aliphatic carboxylic acids is 1. The monoisotopic (exact) mass is 267 g/mol. The first-order valence-electron chi connectivity index (χ1n) is 6.25. The summed E-state index contributed by atoms with van der Waals surface area (Å²) >= 11 is 0. The number of hydrogen-bond donors (Lipinski definition) is 1. The van der Waals surface area contributed by atoms with Crippen LogP contribution < -0.4 is 4.74 Å². The largest absolute Gasteiger partial charge is 0.494 e. The molecular weight excluding hydrogens is 249 g/mol. The third-order valence-electron chi connectivity index (χ3n) is 3.45. The highest BCUT2D eigenvalue weighted by molar-refractivity contribution is 5.73. The van der Waals surface area contributed by atoms with Crippen LogP contribution in [0.5, 0.6) is 5.75 Å². The van der Waals surface area contributed by atoms with E-state index >= 15 is 0 Å². The smallest absolute Gasteiger partial charge is 0.306 e. The number of halogens is 1. The quantitative estimate of drug-likeness (QED) is 0.856. The number of carboxylic acids is 1. The van der Waals surface area contributed by atoms with Gasteiger partial charge in [-0.3, -0.25) is 4.79 Å². The highest BCUT2D eigenvalue weighted by atomic mass is 19.1. The molecule has 2 atom stereocenters. The zero-order chi connectivity index (χ0) is 14.0. The predicted octanol–water partition coefficient (Wildman–Crippen LogP) is 1.99. The second kappa shape index (κ2) is 5.57. The maximum absolute atomic E-state index is 13.5. The van der Waals surface area contributed by atoms with E-state index in [1.54, 1.807) is 6.07 Å². The van der Waals surface area contributed by atoms with Crippen LogP contribution in [0.4, 0.5) is 4.39 Å². The SMILES string of the molecule is COc1ccc(CN(C)CC2CC2C(=O)O)cc1F. The molecule has 0 aliphatic heterocycles. The van der Waals surface area contributed by atoms with Gasteiger partial charge in [0.05, 0.1) is 13.0 Å². The topological polar surface area (TPSA) is 49.8 Å². The van der Waals surface area contributed by atoms with Gasteiger partial charge in [-0.25, -0.2) is 4.39 Å². The number of rotatable bonds is 6. The molecular formula is C14H18FNO3.